The lowest BCUT2D eigenvalue weighted by atomic mass is 9.72. The van der Waals surface area contributed by atoms with Gasteiger partial charge in [0.05, 0.1) is 23.8 Å². The molecule has 1 saturated carbocycles. The molecule has 1 N–H and O–H groups in total. The lowest BCUT2D eigenvalue weighted by Crippen LogP contribution is -2.61. The zero-order valence-electron chi connectivity index (χ0n) is 31.2. The summed E-state index contributed by atoms with van der Waals surface area (Å²) in [6.45, 7) is 9.53. The van der Waals surface area contributed by atoms with Crippen LogP contribution in [0, 0.1) is 12.3 Å². The van der Waals surface area contributed by atoms with Crippen molar-refractivity contribution in [3.8, 4) is 22.9 Å². The molecule has 0 bridgehead atoms. The number of aromatic nitrogens is 4. The number of likely N-dealkylation sites (tertiary alicyclic amines) is 2. The largest absolute Gasteiger partial charge is 0.481 e. The molecule has 4 aliphatic rings. The first-order chi connectivity index (χ1) is 26.5. The second-order valence-corrected chi connectivity index (χ2v) is 15.5. The van der Waals surface area contributed by atoms with Crippen molar-refractivity contribution < 1.29 is 32.2 Å². The minimum Gasteiger partial charge on any atom is -0.481 e. The Hall–Kier alpha value is -4.76. The van der Waals surface area contributed by atoms with E-state index in [0.29, 0.717) is 66.2 Å². The number of H-pyrrole nitrogens is 1. The highest BCUT2D eigenvalue weighted by Crippen LogP contribution is 2.53. The van der Waals surface area contributed by atoms with Crippen LogP contribution in [0.2, 0.25) is 0 Å². The first kappa shape index (κ1) is 37.2. The number of benzene rings is 2. The molecular formula is C40H46F3N7O5. The van der Waals surface area contributed by atoms with Crippen molar-refractivity contribution in [2.75, 3.05) is 71.0 Å². The molecule has 55 heavy (non-hydrogen) atoms. The number of aryl methyl sites for hydroxylation is 1. The third-order valence-corrected chi connectivity index (χ3v) is 11.7. The van der Waals surface area contributed by atoms with E-state index >= 15 is 0 Å². The predicted octanol–water partition coefficient (Wildman–Crippen LogP) is 5.76. The average Bonchev–Trinajstić information content (AvgIpc) is 4.01. The number of carbonyl (C=O) groups is 1. The van der Waals surface area contributed by atoms with E-state index < -0.39 is 18.3 Å². The van der Waals surface area contributed by atoms with Crippen molar-refractivity contribution in [3.05, 3.63) is 58.7 Å². The first-order valence-corrected chi connectivity index (χ1v) is 19.1. The van der Waals surface area contributed by atoms with E-state index in [1.165, 1.54) is 12.4 Å². The zero-order valence-corrected chi connectivity index (χ0v) is 31.2. The molecule has 2 aromatic carbocycles. The molecule has 0 atom stereocenters. The van der Waals surface area contributed by atoms with Gasteiger partial charge in [-0.3, -0.25) is 9.59 Å². The Labute approximate surface area is 316 Å². The molecule has 4 aromatic rings. The number of aromatic amines is 1. The maximum atomic E-state index is 14.1. The Morgan fingerprint density at radius 2 is 1.82 bits per heavy atom. The lowest BCUT2D eigenvalue weighted by Gasteiger charge is -2.54. The molecule has 1 spiro atoms. The number of hydrogen-bond acceptors (Lipinski definition) is 10. The van der Waals surface area contributed by atoms with E-state index in [1.54, 1.807) is 18.1 Å². The van der Waals surface area contributed by atoms with Gasteiger partial charge in [0.2, 0.25) is 5.91 Å². The molecule has 2 aromatic heterocycles. The number of halogens is 3. The second-order valence-electron chi connectivity index (χ2n) is 15.5. The van der Waals surface area contributed by atoms with Crippen molar-refractivity contribution in [3.63, 3.8) is 0 Å². The quantitative estimate of drug-likeness (QED) is 0.189. The minimum absolute atomic E-state index is 0.00553. The van der Waals surface area contributed by atoms with E-state index in [1.807, 2.05) is 19.1 Å². The van der Waals surface area contributed by atoms with Gasteiger partial charge in [-0.05, 0) is 80.7 Å². The number of ether oxygens (including phenoxy) is 3. The van der Waals surface area contributed by atoms with Crippen LogP contribution in [0.15, 0.2) is 42.0 Å². The number of hydrogen-bond donors (Lipinski definition) is 1. The Morgan fingerprint density at radius 1 is 1.07 bits per heavy atom. The summed E-state index contributed by atoms with van der Waals surface area (Å²) < 4.78 is 60.0. The molecule has 3 saturated heterocycles. The number of alkyl halides is 3. The summed E-state index contributed by atoms with van der Waals surface area (Å²) >= 11 is 0. The van der Waals surface area contributed by atoms with Crippen molar-refractivity contribution in [1.29, 1.82) is 0 Å². The van der Waals surface area contributed by atoms with Crippen LogP contribution in [0.3, 0.4) is 0 Å². The topological polar surface area (TPSA) is 126 Å². The molecule has 4 fully saturated rings. The summed E-state index contributed by atoms with van der Waals surface area (Å²) in [5.74, 6) is 0.489. The molecule has 292 valence electrons. The van der Waals surface area contributed by atoms with Crippen LogP contribution in [0.4, 0.5) is 19.0 Å². The molecule has 12 nitrogen and oxygen atoms in total. The number of methoxy groups -OCH3 is 1. The average molecular weight is 762 g/mol. The normalized spacial score (nSPS) is 19.2. The molecule has 15 heteroatoms. The van der Waals surface area contributed by atoms with E-state index in [4.69, 9.17) is 24.2 Å². The van der Waals surface area contributed by atoms with Gasteiger partial charge in [0.1, 0.15) is 17.4 Å². The Morgan fingerprint density at radius 3 is 2.49 bits per heavy atom. The van der Waals surface area contributed by atoms with Gasteiger partial charge in [-0.1, -0.05) is 12.6 Å². The summed E-state index contributed by atoms with van der Waals surface area (Å²) in [6.07, 6.45) is 2.55. The van der Waals surface area contributed by atoms with E-state index in [2.05, 4.69) is 26.3 Å². The molecule has 0 unspecified atom stereocenters. The van der Waals surface area contributed by atoms with Crippen molar-refractivity contribution in [1.82, 2.24) is 29.7 Å². The summed E-state index contributed by atoms with van der Waals surface area (Å²) in [4.78, 5) is 49.0. The zero-order chi connectivity index (χ0) is 38.5. The number of nitrogens with zero attached hydrogens (tertiary/aromatic N) is 6. The third-order valence-electron chi connectivity index (χ3n) is 11.7. The van der Waals surface area contributed by atoms with Crippen molar-refractivity contribution >= 4 is 33.5 Å². The van der Waals surface area contributed by atoms with Crippen LogP contribution in [-0.4, -0.2) is 114 Å². The van der Waals surface area contributed by atoms with Gasteiger partial charge in [0.25, 0.3) is 5.56 Å². The Bertz CT molecular complexity index is 2160. The maximum absolute atomic E-state index is 14.1. The first-order valence-electron chi connectivity index (χ1n) is 19.1. The van der Waals surface area contributed by atoms with Crippen LogP contribution in [0.25, 0.3) is 32.9 Å². The fourth-order valence-electron chi connectivity index (χ4n) is 8.55. The SMILES string of the molecule is C=CC(=O)N1CC2(CCN(c3nc(OC4CCN(CCOC)CC4)nc4c(OCC(F)(F)F)c(-c5c(C)ccc6nc[nH]c(=O)c56)c(C5CC5)cc34)CC2)C1. The number of nitrogens with one attached hydrogen (secondary N) is 1. The highest BCUT2D eigenvalue weighted by Gasteiger charge is 2.47. The standard InChI is InChI=1S/C40H46F3N7O5/c1-4-30(51)50-20-39(21-50)11-15-49(16-12-39)36-28-19-27(25-6-7-25)32(31-24(2)5-8-29-33(31)37(52)45-23-44-29)35(54-22-40(41,42)43)34(28)46-38(47-36)55-26-9-13-48(14-10-26)17-18-53-3/h4-5,8,19,23,25-26H,1,6-7,9-18,20-22H2,2-3H3,(H,44,45,52). The van der Waals surface area contributed by atoms with Gasteiger partial charge >= 0.3 is 12.2 Å². The van der Waals surface area contributed by atoms with Gasteiger partial charge in [0.15, 0.2) is 12.4 Å². The van der Waals surface area contributed by atoms with Crippen LogP contribution in [0.5, 0.6) is 11.8 Å². The minimum atomic E-state index is -4.65. The van der Waals surface area contributed by atoms with Gasteiger partial charge in [-0.2, -0.15) is 23.1 Å². The molecule has 5 heterocycles. The molecule has 8 rings (SSSR count). The lowest BCUT2D eigenvalue weighted by molar-refractivity contribution is -0.153. The van der Waals surface area contributed by atoms with Gasteiger partial charge in [-0.15, -0.1) is 0 Å². The molecule has 3 aliphatic heterocycles. The predicted molar refractivity (Wildman–Crippen MR) is 202 cm³/mol. The number of piperidine rings is 2. The second kappa shape index (κ2) is 14.7. The van der Waals surface area contributed by atoms with E-state index in [0.717, 1.165) is 63.7 Å². The highest BCUT2D eigenvalue weighted by molar-refractivity contribution is 6.06. The third kappa shape index (κ3) is 7.48. The number of rotatable bonds is 11. The van der Waals surface area contributed by atoms with Gasteiger partial charge < -0.3 is 33.9 Å². The number of fused-ring (bicyclic) bond motifs is 2. The molecule has 0 radical (unpaired) electrons. The smallest absolute Gasteiger partial charge is 0.422 e. The maximum Gasteiger partial charge on any atom is 0.422 e. The molecule has 1 amide bonds. The van der Waals surface area contributed by atoms with Gasteiger partial charge in [0, 0.05) is 74.9 Å². The summed E-state index contributed by atoms with van der Waals surface area (Å²) in [7, 11) is 1.68. The molecular weight excluding hydrogens is 715 g/mol. The van der Waals surface area contributed by atoms with Crippen molar-refractivity contribution in [2.24, 2.45) is 5.41 Å². The van der Waals surface area contributed by atoms with Crippen molar-refractivity contribution in [2.45, 2.75) is 63.6 Å². The van der Waals surface area contributed by atoms with Gasteiger partial charge in [-0.25, -0.2) is 4.98 Å². The van der Waals surface area contributed by atoms with E-state index in [-0.39, 0.29) is 46.0 Å². The monoisotopic (exact) mass is 761 g/mol. The van der Waals surface area contributed by atoms with Crippen LogP contribution in [0.1, 0.15) is 55.6 Å². The van der Waals surface area contributed by atoms with Crippen LogP contribution < -0.4 is 19.9 Å². The number of carbonyl (C=O) groups excluding carboxylic acids is 1. The fraction of sp³-hybridized carbons (Fsp3) is 0.525. The number of amides is 1. The highest BCUT2D eigenvalue weighted by atomic mass is 19.4. The number of anilines is 1. The van der Waals surface area contributed by atoms with Crippen LogP contribution in [-0.2, 0) is 9.53 Å². The summed E-state index contributed by atoms with van der Waals surface area (Å²) in [5, 5.41) is 0.847. The summed E-state index contributed by atoms with van der Waals surface area (Å²) in [6, 6.07) is 5.63. The Kier molecular flexibility index (Phi) is 9.95. The van der Waals surface area contributed by atoms with Crippen LogP contribution >= 0.6 is 0 Å². The Balaban J connectivity index is 1.28. The molecule has 1 aliphatic carbocycles. The fourth-order valence-corrected chi connectivity index (χ4v) is 8.55. The van der Waals surface area contributed by atoms with E-state index in [9.17, 15) is 22.8 Å². The summed E-state index contributed by atoms with van der Waals surface area (Å²) in [5.41, 5.74) is 2.59.